The van der Waals surface area contributed by atoms with E-state index >= 15 is 0 Å². The number of nitrogens with zero attached hydrogens (tertiary/aromatic N) is 1. The Morgan fingerprint density at radius 1 is 1.52 bits per heavy atom. The monoisotopic (exact) mass is 297 g/mol. The summed E-state index contributed by atoms with van der Waals surface area (Å²) in [7, 11) is 1.29. The van der Waals surface area contributed by atoms with Crippen LogP contribution in [0.3, 0.4) is 0 Å². The first-order valence-corrected chi connectivity index (χ1v) is 7.35. The number of carbonyl (C=O) groups is 3. The Hall–Kier alpha value is -1.63. The van der Waals surface area contributed by atoms with E-state index in [1.54, 1.807) is 0 Å². The number of carbonyl (C=O) groups excluding carboxylic acids is 3. The molecular weight excluding hydrogens is 274 g/mol. The van der Waals surface area contributed by atoms with Crippen LogP contribution < -0.4 is 11.1 Å². The Morgan fingerprint density at radius 2 is 2.24 bits per heavy atom. The molecule has 2 aliphatic rings. The molecule has 0 aromatic carbocycles. The second-order valence-corrected chi connectivity index (χ2v) is 5.99. The first-order valence-electron chi connectivity index (χ1n) is 7.35. The molecule has 0 spiro atoms. The number of esters is 1. The van der Waals surface area contributed by atoms with Gasteiger partial charge in [0.05, 0.1) is 13.2 Å². The molecule has 7 nitrogen and oxygen atoms in total. The molecular formula is C14H23N3O4. The molecule has 0 aromatic rings. The highest BCUT2D eigenvalue weighted by Crippen LogP contribution is 2.25. The zero-order chi connectivity index (χ0) is 15.6. The number of rotatable bonds is 4. The van der Waals surface area contributed by atoms with Crippen molar-refractivity contribution < 1.29 is 19.1 Å². The molecule has 0 saturated carbocycles. The van der Waals surface area contributed by atoms with Gasteiger partial charge in [-0.3, -0.25) is 9.59 Å². The number of hydrogen-bond donors (Lipinski definition) is 2. The van der Waals surface area contributed by atoms with Gasteiger partial charge in [0.2, 0.25) is 11.8 Å². The van der Waals surface area contributed by atoms with Crippen LogP contribution in [0, 0.1) is 11.8 Å². The standard InChI is InChI=1S/C14H23N3O4/c1-8-5-10(15)13(19)17(7-8)11(14(20)21-2)6-9-3-4-16-12(9)18/h8-11H,3-7,15H2,1-2H3,(H,16,18)/t8?,9-,10-,11-/m0/s1. The van der Waals surface area contributed by atoms with E-state index in [-0.39, 0.29) is 23.7 Å². The summed E-state index contributed by atoms with van der Waals surface area (Å²) in [5.74, 6) is -0.811. The van der Waals surface area contributed by atoms with E-state index in [0.717, 1.165) is 0 Å². The van der Waals surface area contributed by atoms with E-state index in [1.807, 2.05) is 6.92 Å². The molecule has 2 amide bonds. The predicted molar refractivity (Wildman–Crippen MR) is 75.0 cm³/mol. The summed E-state index contributed by atoms with van der Waals surface area (Å²) in [6, 6.07) is -1.32. The second kappa shape index (κ2) is 6.43. The van der Waals surface area contributed by atoms with Crippen LogP contribution in [-0.2, 0) is 19.1 Å². The van der Waals surface area contributed by atoms with Crippen LogP contribution in [-0.4, -0.2) is 55.0 Å². The van der Waals surface area contributed by atoms with E-state index in [4.69, 9.17) is 10.5 Å². The Bertz CT molecular complexity index is 440. The van der Waals surface area contributed by atoms with E-state index in [2.05, 4.69) is 5.32 Å². The Kier molecular flexibility index (Phi) is 4.82. The van der Waals surface area contributed by atoms with Gasteiger partial charge in [-0.05, 0) is 25.2 Å². The molecule has 118 valence electrons. The fourth-order valence-electron chi connectivity index (χ4n) is 3.15. The molecule has 0 aromatic heterocycles. The van der Waals surface area contributed by atoms with Crippen LogP contribution in [0.1, 0.15) is 26.2 Å². The van der Waals surface area contributed by atoms with Gasteiger partial charge in [0, 0.05) is 19.0 Å². The van der Waals surface area contributed by atoms with Crippen molar-refractivity contribution in [2.24, 2.45) is 17.6 Å². The number of likely N-dealkylation sites (tertiary alicyclic amines) is 1. The molecule has 7 heteroatoms. The molecule has 21 heavy (non-hydrogen) atoms. The van der Waals surface area contributed by atoms with Gasteiger partial charge < -0.3 is 20.7 Å². The summed E-state index contributed by atoms with van der Waals surface area (Å²) in [5.41, 5.74) is 5.85. The first-order chi connectivity index (χ1) is 9.93. The summed E-state index contributed by atoms with van der Waals surface area (Å²) in [5, 5.41) is 2.74. The van der Waals surface area contributed by atoms with Crippen molar-refractivity contribution in [1.29, 1.82) is 0 Å². The maximum absolute atomic E-state index is 12.3. The molecule has 2 fully saturated rings. The minimum atomic E-state index is -0.731. The van der Waals surface area contributed by atoms with Gasteiger partial charge in [-0.25, -0.2) is 4.79 Å². The Balaban J connectivity index is 2.16. The van der Waals surface area contributed by atoms with Crippen molar-refractivity contribution in [1.82, 2.24) is 10.2 Å². The topological polar surface area (TPSA) is 102 Å². The highest BCUT2D eigenvalue weighted by Gasteiger charge is 2.40. The number of hydrogen-bond acceptors (Lipinski definition) is 5. The molecule has 3 N–H and O–H groups in total. The zero-order valence-electron chi connectivity index (χ0n) is 12.5. The van der Waals surface area contributed by atoms with Crippen molar-refractivity contribution in [2.45, 2.75) is 38.3 Å². The molecule has 4 atom stereocenters. The minimum absolute atomic E-state index is 0.0642. The lowest BCUT2D eigenvalue weighted by molar-refractivity contribution is -0.156. The summed E-state index contributed by atoms with van der Waals surface area (Å²) in [4.78, 5) is 37.6. The van der Waals surface area contributed by atoms with Crippen LogP contribution in [0.15, 0.2) is 0 Å². The smallest absolute Gasteiger partial charge is 0.328 e. The summed E-state index contributed by atoms with van der Waals surface area (Å²) >= 11 is 0. The molecule has 0 aliphatic carbocycles. The van der Waals surface area contributed by atoms with E-state index in [0.29, 0.717) is 32.4 Å². The van der Waals surface area contributed by atoms with Gasteiger partial charge in [-0.2, -0.15) is 0 Å². The predicted octanol–water partition coefficient (Wildman–Crippen LogP) is -0.750. The fourth-order valence-corrected chi connectivity index (χ4v) is 3.15. The first kappa shape index (κ1) is 15.8. The van der Waals surface area contributed by atoms with Gasteiger partial charge in [-0.1, -0.05) is 6.92 Å². The highest BCUT2D eigenvalue weighted by atomic mass is 16.5. The molecule has 2 heterocycles. The van der Waals surface area contributed by atoms with Crippen molar-refractivity contribution in [2.75, 3.05) is 20.2 Å². The number of ether oxygens (including phenoxy) is 1. The summed E-state index contributed by atoms with van der Waals surface area (Å²) in [6.07, 6.45) is 1.59. The van der Waals surface area contributed by atoms with Crippen LogP contribution >= 0.6 is 0 Å². The van der Waals surface area contributed by atoms with E-state index in [1.165, 1.54) is 12.0 Å². The maximum atomic E-state index is 12.3. The molecule has 1 unspecified atom stereocenters. The second-order valence-electron chi connectivity index (χ2n) is 5.99. The van der Waals surface area contributed by atoms with Gasteiger partial charge in [0.1, 0.15) is 6.04 Å². The zero-order valence-corrected chi connectivity index (χ0v) is 12.5. The summed E-state index contributed by atoms with van der Waals surface area (Å²) in [6.45, 7) is 3.08. The van der Waals surface area contributed by atoms with Crippen molar-refractivity contribution in [3.05, 3.63) is 0 Å². The largest absolute Gasteiger partial charge is 0.467 e. The fraction of sp³-hybridized carbons (Fsp3) is 0.786. The van der Waals surface area contributed by atoms with Crippen LogP contribution in [0.2, 0.25) is 0 Å². The lowest BCUT2D eigenvalue weighted by Gasteiger charge is -2.39. The molecule has 0 radical (unpaired) electrons. The lowest BCUT2D eigenvalue weighted by atomic mass is 9.91. The van der Waals surface area contributed by atoms with Crippen LogP contribution in [0.4, 0.5) is 0 Å². The van der Waals surface area contributed by atoms with Crippen molar-refractivity contribution in [3.8, 4) is 0 Å². The Morgan fingerprint density at radius 3 is 2.81 bits per heavy atom. The van der Waals surface area contributed by atoms with Crippen molar-refractivity contribution >= 4 is 17.8 Å². The van der Waals surface area contributed by atoms with Gasteiger partial charge >= 0.3 is 5.97 Å². The molecule has 0 bridgehead atoms. The van der Waals surface area contributed by atoms with Gasteiger partial charge in [-0.15, -0.1) is 0 Å². The highest BCUT2D eigenvalue weighted by molar-refractivity contribution is 5.89. The third kappa shape index (κ3) is 3.34. The third-order valence-corrected chi connectivity index (χ3v) is 4.29. The number of nitrogens with one attached hydrogen (secondary N) is 1. The number of piperidine rings is 1. The van der Waals surface area contributed by atoms with Crippen molar-refractivity contribution in [3.63, 3.8) is 0 Å². The summed E-state index contributed by atoms with van der Waals surface area (Å²) < 4.78 is 4.82. The van der Waals surface area contributed by atoms with Gasteiger partial charge in [0.25, 0.3) is 0 Å². The maximum Gasteiger partial charge on any atom is 0.328 e. The number of methoxy groups -OCH3 is 1. The van der Waals surface area contributed by atoms with E-state index < -0.39 is 18.1 Å². The SMILES string of the molecule is COC(=O)[C@H](C[C@@H]1CCNC1=O)N1CC(C)C[C@H](N)C1=O. The molecule has 2 saturated heterocycles. The van der Waals surface area contributed by atoms with E-state index in [9.17, 15) is 14.4 Å². The normalized spacial score (nSPS) is 31.0. The molecule has 2 rings (SSSR count). The Labute approximate surface area is 124 Å². The third-order valence-electron chi connectivity index (χ3n) is 4.29. The number of amides is 2. The average Bonchev–Trinajstić information content (AvgIpc) is 2.85. The van der Waals surface area contributed by atoms with Crippen LogP contribution in [0.5, 0.6) is 0 Å². The average molecular weight is 297 g/mol. The van der Waals surface area contributed by atoms with Gasteiger partial charge in [0.15, 0.2) is 0 Å². The quantitative estimate of drug-likeness (QED) is 0.665. The lowest BCUT2D eigenvalue weighted by Crippen LogP contribution is -2.57. The number of nitrogens with two attached hydrogens (primary N) is 1. The minimum Gasteiger partial charge on any atom is -0.467 e. The van der Waals surface area contributed by atoms with Crippen LogP contribution in [0.25, 0.3) is 0 Å². The molecule has 2 aliphatic heterocycles.